The third-order valence-electron chi connectivity index (χ3n) is 7.22. The summed E-state index contributed by atoms with van der Waals surface area (Å²) in [5.41, 5.74) is 6.99. The second-order valence-corrected chi connectivity index (χ2v) is 9.28. The van der Waals surface area contributed by atoms with Crippen LogP contribution >= 0.6 is 0 Å². The van der Waals surface area contributed by atoms with E-state index in [4.69, 9.17) is 4.74 Å². The Labute approximate surface area is 205 Å². The fraction of sp³-hybridized carbons (Fsp3) is 0.226. The van der Waals surface area contributed by atoms with Crippen molar-refractivity contribution in [2.75, 3.05) is 0 Å². The molecule has 0 spiro atoms. The number of nitrogens with zero attached hydrogens (tertiary/aromatic N) is 2. The Balaban J connectivity index is 1.37. The number of benzene rings is 4. The molecule has 0 bridgehead atoms. The number of fused-ring (bicyclic) bond motifs is 6. The topological polar surface area (TPSA) is 39.3 Å². The van der Waals surface area contributed by atoms with Gasteiger partial charge >= 0.3 is 0 Å². The maximum absolute atomic E-state index is 10.1. The lowest BCUT2D eigenvalue weighted by Crippen LogP contribution is -1.97. The van der Waals surface area contributed by atoms with E-state index in [1.807, 2.05) is 13.0 Å². The lowest BCUT2D eigenvalue weighted by Gasteiger charge is -2.08. The number of aliphatic hydroxyl groups excluding tert-OH is 1. The number of ether oxygens (including phenoxy) is 1. The summed E-state index contributed by atoms with van der Waals surface area (Å²) >= 11 is 0. The molecule has 176 valence electrons. The van der Waals surface area contributed by atoms with Crippen LogP contribution in [0.25, 0.3) is 43.6 Å². The Morgan fingerprint density at radius 3 is 2.00 bits per heavy atom. The van der Waals surface area contributed by atoms with Gasteiger partial charge in [0.05, 0.1) is 6.10 Å². The molecule has 1 N–H and O–H groups in total. The number of aliphatic hydroxyl groups is 1. The molecule has 2 heterocycles. The van der Waals surface area contributed by atoms with Crippen molar-refractivity contribution < 1.29 is 9.84 Å². The SMILES string of the molecule is CCn1c2ccccc2c2cc(COc3ccc4c(c3)c3cc(C(C)O)ccc3n4CC)ccc21. The molecule has 6 rings (SSSR count). The minimum Gasteiger partial charge on any atom is -0.489 e. The molecule has 0 aliphatic carbocycles. The van der Waals surface area contributed by atoms with Crippen LogP contribution in [0.15, 0.2) is 78.9 Å². The van der Waals surface area contributed by atoms with Crippen LogP contribution in [0.1, 0.15) is 38.0 Å². The maximum atomic E-state index is 10.1. The van der Waals surface area contributed by atoms with Gasteiger partial charge in [-0.15, -0.1) is 0 Å². The largest absolute Gasteiger partial charge is 0.489 e. The van der Waals surface area contributed by atoms with E-state index in [0.717, 1.165) is 40.7 Å². The molecule has 1 unspecified atom stereocenters. The van der Waals surface area contributed by atoms with Crippen molar-refractivity contribution in [3.63, 3.8) is 0 Å². The lowest BCUT2D eigenvalue weighted by atomic mass is 10.1. The summed E-state index contributed by atoms with van der Waals surface area (Å²) in [5.74, 6) is 0.853. The molecule has 0 aliphatic heterocycles. The van der Waals surface area contributed by atoms with Gasteiger partial charge in [-0.05, 0) is 80.4 Å². The molecular formula is C31H30N2O2. The number of aromatic nitrogens is 2. The van der Waals surface area contributed by atoms with Crippen LogP contribution in [0, 0.1) is 0 Å². The third-order valence-corrected chi connectivity index (χ3v) is 7.22. The van der Waals surface area contributed by atoms with Gasteiger partial charge in [-0.25, -0.2) is 0 Å². The fourth-order valence-electron chi connectivity index (χ4n) is 5.49. The molecule has 6 aromatic rings. The first kappa shape index (κ1) is 21.8. The molecule has 4 nitrogen and oxygen atoms in total. The average Bonchev–Trinajstić information content (AvgIpc) is 3.38. The van der Waals surface area contributed by atoms with Gasteiger partial charge in [0.15, 0.2) is 0 Å². The Kier molecular flexibility index (Phi) is 5.27. The van der Waals surface area contributed by atoms with E-state index in [-0.39, 0.29) is 0 Å². The predicted octanol–water partition coefficient (Wildman–Crippen LogP) is 7.57. The fourth-order valence-corrected chi connectivity index (χ4v) is 5.49. The number of rotatable bonds is 6. The summed E-state index contributed by atoms with van der Waals surface area (Å²) in [6, 6.07) is 27.8. The van der Waals surface area contributed by atoms with Gasteiger partial charge in [0.2, 0.25) is 0 Å². The van der Waals surface area contributed by atoms with Crippen LogP contribution in [-0.4, -0.2) is 14.2 Å². The molecule has 0 saturated heterocycles. The van der Waals surface area contributed by atoms with Crippen LogP contribution in [0.2, 0.25) is 0 Å². The normalized spacial score (nSPS) is 12.8. The van der Waals surface area contributed by atoms with Gasteiger partial charge in [-0.2, -0.15) is 0 Å². The number of aryl methyl sites for hydroxylation is 2. The van der Waals surface area contributed by atoms with Crippen LogP contribution in [-0.2, 0) is 19.7 Å². The second kappa shape index (κ2) is 8.47. The van der Waals surface area contributed by atoms with Crippen molar-refractivity contribution in [3.05, 3.63) is 90.0 Å². The highest BCUT2D eigenvalue weighted by Gasteiger charge is 2.14. The molecule has 0 aliphatic rings. The van der Waals surface area contributed by atoms with Crippen LogP contribution in [0.3, 0.4) is 0 Å². The zero-order valence-electron chi connectivity index (χ0n) is 20.5. The highest BCUT2D eigenvalue weighted by Crippen LogP contribution is 2.34. The summed E-state index contributed by atoms with van der Waals surface area (Å²) in [5, 5.41) is 15.0. The molecule has 4 heteroatoms. The molecule has 4 aromatic carbocycles. The van der Waals surface area contributed by atoms with Gasteiger partial charge in [0.1, 0.15) is 12.4 Å². The molecule has 0 amide bonds. The van der Waals surface area contributed by atoms with Gasteiger partial charge in [-0.3, -0.25) is 0 Å². The minimum absolute atomic E-state index is 0.493. The van der Waals surface area contributed by atoms with Crippen molar-refractivity contribution in [2.24, 2.45) is 0 Å². The first-order chi connectivity index (χ1) is 17.1. The molecule has 0 fully saturated rings. The molecule has 0 saturated carbocycles. The summed E-state index contributed by atoms with van der Waals surface area (Å²) < 4.78 is 11.0. The second-order valence-electron chi connectivity index (χ2n) is 9.28. The summed E-state index contributed by atoms with van der Waals surface area (Å²) in [4.78, 5) is 0. The van der Waals surface area contributed by atoms with Crippen molar-refractivity contribution in [1.29, 1.82) is 0 Å². The Hall–Kier alpha value is -3.76. The quantitative estimate of drug-likeness (QED) is 0.277. The standard InChI is InChI=1S/C31H30N2O2/c1-4-32-28-9-7-6-8-24(28)25-16-21(10-13-29(25)32)19-35-23-12-15-31-27(18-23)26-17-22(20(3)34)11-14-30(26)33(31)5-2/h6-18,20,34H,4-5,19H2,1-3H3. The maximum Gasteiger partial charge on any atom is 0.120 e. The van der Waals surface area contributed by atoms with Gasteiger partial charge in [0.25, 0.3) is 0 Å². The zero-order chi connectivity index (χ0) is 24.1. The summed E-state index contributed by atoms with van der Waals surface area (Å²) in [7, 11) is 0. The average molecular weight is 463 g/mol. The number of para-hydroxylation sites is 1. The van der Waals surface area contributed by atoms with E-state index in [2.05, 4.69) is 95.8 Å². The molecule has 1 atom stereocenters. The highest BCUT2D eigenvalue weighted by atomic mass is 16.5. The molecule has 35 heavy (non-hydrogen) atoms. The van der Waals surface area contributed by atoms with Crippen molar-refractivity contribution >= 4 is 43.6 Å². The highest BCUT2D eigenvalue weighted by molar-refractivity contribution is 6.09. The summed E-state index contributed by atoms with van der Waals surface area (Å²) in [6.07, 6.45) is -0.493. The van der Waals surface area contributed by atoms with E-state index < -0.39 is 6.10 Å². The number of hydrogen-bond donors (Lipinski definition) is 1. The smallest absolute Gasteiger partial charge is 0.120 e. The molecule has 2 aromatic heterocycles. The zero-order valence-corrected chi connectivity index (χ0v) is 20.5. The molecular weight excluding hydrogens is 432 g/mol. The van der Waals surface area contributed by atoms with Gasteiger partial charge in [-0.1, -0.05) is 30.3 Å². The predicted molar refractivity (Wildman–Crippen MR) is 145 cm³/mol. The van der Waals surface area contributed by atoms with Gasteiger partial charge in [0, 0.05) is 56.7 Å². The Bertz CT molecular complexity index is 1700. The number of hydrogen-bond acceptors (Lipinski definition) is 2. The van der Waals surface area contributed by atoms with Crippen LogP contribution in [0.4, 0.5) is 0 Å². The Morgan fingerprint density at radius 2 is 1.29 bits per heavy atom. The van der Waals surface area contributed by atoms with Crippen molar-refractivity contribution in [2.45, 2.75) is 46.6 Å². The van der Waals surface area contributed by atoms with E-state index in [9.17, 15) is 5.11 Å². The van der Waals surface area contributed by atoms with Crippen LogP contribution in [0.5, 0.6) is 5.75 Å². The third kappa shape index (κ3) is 3.48. The first-order valence-corrected chi connectivity index (χ1v) is 12.5. The lowest BCUT2D eigenvalue weighted by molar-refractivity contribution is 0.199. The van der Waals surface area contributed by atoms with Crippen LogP contribution < -0.4 is 4.74 Å². The Morgan fingerprint density at radius 1 is 0.686 bits per heavy atom. The van der Waals surface area contributed by atoms with E-state index in [1.54, 1.807) is 0 Å². The first-order valence-electron chi connectivity index (χ1n) is 12.5. The monoisotopic (exact) mass is 462 g/mol. The minimum atomic E-state index is -0.493. The van der Waals surface area contributed by atoms with E-state index in [0.29, 0.717) is 6.61 Å². The summed E-state index contributed by atoms with van der Waals surface area (Å²) in [6.45, 7) is 8.51. The van der Waals surface area contributed by atoms with E-state index >= 15 is 0 Å². The van der Waals surface area contributed by atoms with Crippen molar-refractivity contribution in [1.82, 2.24) is 9.13 Å². The van der Waals surface area contributed by atoms with E-state index in [1.165, 1.54) is 32.8 Å². The van der Waals surface area contributed by atoms with Gasteiger partial charge < -0.3 is 19.0 Å². The van der Waals surface area contributed by atoms with Crippen molar-refractivity contribution in [3.8, 4) is 5.75 Å². The molecule has 0 radical (unpaired) electrons.